The molecule has 1 N–H and O–H groups in total. The number of nitrogens with zero attached hydrogens (tertiary/aromatic N) is 1. The van der Waals surface area contributed by atoms with Gasteiger partial charge in [0.25, 0.3) is 11.8 Å². The van der Waals surface area contributed by atoms with E-state index in [1.54, 1.807) is 59.5 Å². The average molecular weight is 416 g/mol. The highest BCUT2D eigenvalue weighted by Gasteiger charge is 2.30. The third-order valence-electron chi connectivity index (χ3n) is 4.98. The molecule has 0 unspecified atom stereocenters. The standard InChI is InChI=1S/C25H24N2O4/c1-4-30-19-12-9-17(10-13-19)24(28)26-18-11-14-23-21(15-18)27(16(2)3)25(29)20-7-5-6-8-22(20)31-23/h5-16H,4H2,1-3H3,(H,26,28). The third kappa shape index (κ3) is 4.10. The highest BCUT2D eigenvalue weighted by atomic mass is 16.5. The Bertz CT molecular complexity index is 1120. The summed E-state index contributed by atoms with van der Waals surface area (Å²) < 4.78 is 11.5. The van der Waals surface area contributed by atoms with Crippen molar-refractivity contribution in [1.82, 2.24) is 0 Å². The normalized spacial score (nSPS) is 12.5. The molecule has 0 saturated heterocycles. The van der Waals surface area contributed by atoms with E-state index in [9.17, 15) is 9.59 Å². The highest BCUT2D eigenvalue weighted by molar-refractivity contribution is 6.11. The van der Waals surface area contributed by atoms with Crippen LogP contribution in [0.25, 0.3) is 0 Å². The summed E-state index contributed by atoms with van der Waals surface area (Å²) in [5.74, 6) is 1.41. The van der Waals surface area contributed by atoms with Gasteiger partial charge in [0.1, 0.15) is 11.5 Å². The Morgan fingerprint density at radius 2 is 1.77 bits per heavy atom. The number of benzene rings is 3. The number of hydrogen-bond donors (Lipinski definition) is 1. The minimum atomic E-state index is -0.247. The number of para-hydroxylation sites is 1. The molecule has 3 aromatic carbocycles. The van der Waals surface area contributed by atoms with Crippen molar-refractivity contribution in [3.05, 3.63) is 77.9 Å². The second-order valence-electron chi connectivity index (χ2n) is 7.46. The van der Waals surface area contributed by atoms with Gasteiger partial charge in [-0.2, -0.15) is 0 Å². The zero-order chi connectivity index (χ0) is 22.0. The lowest BCUT2D eigenvalue weighted by Crippen LogP contribution is -2.36. The summed E-state index contributed by atoms with van der Waals surface area (Å²) in [6.45, 7) is 6.37. The third-order valence-corrected chi connectivity index (χ3v) is 4.98. The maximum Gasteiger partial charge on any atom is 0.262 e. The SMILES string of the molecule is CCOc1ccc(C(=O)Nc2ccc3c(c2)N(C(C)C)C(=O)c2ccccc2O3)cc1. The number of carbonyl (C=O) groups excluding carboxylic acids is 2. The summed E-state index contributed by atoms with van der Waals surface area (Å²) in [7, 11) is 0. The van der Waals surface area contributed by atoms with E-state index in [-0.39, 0.29) is 17.9 Å². The molecule has 6 heteroatoms. The van der Waals surface area contributed by atoms with Gasteiger partial charge in [-0.1, -0.05) is 12.1 Å². The summed E-state index contributed by atoms with van der Waals surface area (Å²) in [6, 6.07) is 19.4. The molecule has 31 heavy (non-hydrogen) atoms. The summed E-state index contributed by atoms with van der Waals surface area (Å²) in [6.07, 6.45) is 0. The van der Waals surface area contributed by atoms with Crippen molar-refractivity contribution in [1.29, 1.82) is 0 Å². The number of amides is 2. The molecule has 1 heterocycles. The van der Waals surface area contributed by atoms with E-state index < -0.39 is 0 Å². The molecule has 4 rings (SSSR count). The van der Waals surface area contributed by atoms with Gasteiger partial charge in [0.15, 0.2) is 5.75 Å². The summed E-state index contributed by atoms with van der Waals surface area (Å²) in [5, 5.41) is 2.90. The molecule has 0 spiro atoms. The van der Waals surface area contributed by atoms with Crippen LogP contribution in [-0.4, -0.2) is 24.5 Å². The lowest BCUT2D eigenvalue weighted by molar-refractivity contribution is 0.0979. The van der Waals surface area contributed by atoms with Gasteiger partial charge >= 0.3 is 0 Å². The van der Waals surface area contributed by atoms with Crippen LogP contribution in [0.1, 0.15) is 41.5 Å². The number of ether oxygens (including phenoxy) is 2. The van der Waals surface area contributed by atoms with E-state index in [4.69, 9.17) is 9.47 Å². The first-order chi connectivity index (χ1) is 15.0. The lowest BCUT2D eigenvalue weighted by Gasteiger charge is -2.26. The molecule has 158 valence electrons. The van der Waals surface area contributed by atoms with Crippen molar-refractivity contribution in [3.8, 4) is 17.2 Å². The van der Waals surface area contributed by atoms with Crippen molar-refractivity contribution in [2.75, 3.05) is 16.8 Å². The van der Waals surface area contributed by atoms with E-state index >= 15 is 0 Å². The lowest BCUT2D eigenvalue weighted by atomic mass is 10.1. The predicted octanol–water partition coefficient (Wildman–Crippen LogP) is 5.50. The molecular formula is C25H24N2O4. The Morgan fingerprint density at radius 3 is 2.48 bits per heavy atom. The van der Waals surface area contributed by atoms with E-state index in [0.29, 0.717) is 46.4 Å². The molecule has 0 saturated carbocycles. The van der Waals surface area contributed by atoms with Gasteiger partial charge in [0.2, 0.25) is 0 Å². The van der Waals surface area contributed by atoms with Crippen LogP contribution in [0.2, 0.25) is 0 Å². The quantitative estimate of drug-likeness (QED) is 0.596. The molecule has 0 fully saturated rings. The summed E-state index contributed by atoms with van der Waals surface area (Å²) in [5.41, 5.74) is 2.21. The number of nitrogens with one attached hydrogen (secondary N) is 1. The van der Waals surface area contributed by atoms with Crippen molar-refractivity contribution < 1.29 is 19.1 Å². The van der Waals surface area contributed by atoms with Crippen molar-refractivity contribution in [3.63, 3.8) is 0 Å². The zero-order valence-electron chi connectivity index (χ0n) is 17.7. The van der Waals surface area contributed by atoms with Gasteiger partial charge in [0.05, 0.1) is 17.9 Å². The minimum Gasteiger partial charge on any atom is -0.494 e. The van der Waals surface area contributed by atoms with Crippen LogP contribution < -0.4 is 19.7 Å². The topological polar surface area (TPSA) is 67.9 Å². The molecule has 0 bridgehead atoms. The van der Waals surface area contributed by atoms with Crippen molar-refractivity contribution in [2.24, 2.45) is 0 Å². The minimum absolute atomic E-state index is 0.0990. The first-order valence-electron chi connectivity index (χ1n) is 10.3. The molecule has 0 radical (unpaired) electrons. The van der Waals surface area contributed by atoms with Gasteiger partial charge in [-0.15, -0.1) is 0 Å². The molecule has 0 aliphatic carbocycles. The first-order valence-corrected chi connectivity index (χ1v) is 10.3. The van der Waals surface area contributed by atoms with Gasteiger partial charge in [-0.05, 0) is 75.4 Å². The van der Waals surface area contributed by atoms with Crippen LogP contribution in [0.5, 0.6) is 17.2 Å². The predicted molar refractivity (Wildman–Crippen MR) is 120 cm³/mol. The van der Waals surface area contributed by atoms with Gasteiger partial charge in [-0.3, -0.25) is 9.59 Å². The second kappa shape index (κ2) is 8.52. The fourth-order valence-electron chi connectivity index (χ4n) is 3.54. The number of anilines is 2. The molecule has 1 aliphatic rings. The zero-order valence-corrected chi connectivity index (χ0v) is 17.7. The Hall–Kier alpha value is -3.80. The number of rotatable bonds is 5. The Balaban J connectivity index is 1.64. The Labute approximate surface area is 181 Å². The van der Waals surface area contributed by atoms with Gasteiger partial charge in [0, 0.05) is 17.3 Å². The van der Waals surface area contributed by atoms with E-state index in [2.05, 4.69) is 5.32 Å². The van der Waals surface area contributed by atoms with Crippen LogP contribution in [0.3, 0.4) is 0 Å². The molecule has 0 atom stereocenters. The fourth-order valence-corrected chi connectivity index (χ4v) is 3.54. The highest BCUT2D eigenvalue weighted by Crippen LogP contribution is 2.41. The van der Waals surface area contributed by atoms with E-state index in [1.807, 2.05) is 32.9 Å². The largest absolute Gasteiger partial charge is 0.494 e. The molecule has 1 aliphatic heterocycles. The smallest absolute Gasteiger partial charge is 0.262 e. The Kier molecular flexibility index (Phi) is 5.62. The number of fused-ring (bicyclic) bond motifs is 2. The Morgan fingerprint density at radius 1 is 1.03 bits per heavy atom. The van der Waals surface area contributed by atoms with Gasteiger partial charge in [-0.25, -0.2) is 0 Å². The molecule has 3 aromatic rings. The maximum atomic E-state index is 13.2. The van der Waals surface area contributed by atoms with Crippen LogP contribution in [0, 0.1) is 0 Å². The summed E-state index contributed by atoms with van der Waals surface area (Å²) >= 11 is 0. The van der Waals surface area contributed by atoms with Crippen LogP contribution in [0.4, 0.5) is 11.4 Å². The molecule has 2 amide bonds. The number of carbonyl (C=O) groups is 2. The van der Waals surface area contributed by atoms with Crippen molar-refractivity contribution in [2.45, 2.75) is 26.8 Å². The molecule has 0 aromatic heterocycles. The summed E-state index contributed by atoms with van der Waals surface area (Å²) in [4.78, 5) is 27.6. The molecule has 6 nitrogen and oxygen atoms in total. The van der Waals surface area contributed by atoms with Crippen LogP contribution in [0.15, 0.2) is 66.7 Å². The second-order valence-corrected chi connectivity index (χ2v) is 7.46. The van der Waals surface area contributed by atoms with E-state index in [1.165, 1.54) is 0 Å². The van der Waals surface area contributed by atoms with Crippen LogP contribution >= 0.6 is 0 Å². The van der Waals surface area contributed by atoms with Gasteiger partial charge < -0.3 is 19.7 Å². The van der Waals surface area contributed by atoms with Crippen molar-refractivity contribution >= 4 is 23.2 Å². The first kappa shape index (κ1) is 20.5. The average Bonchev–Trinajstić information content (AvgIpc) is 2.88. The maximum absolute atomic E-state index is 13.2. The monoisotopic (exact) mass is 416 g/mol. The number of hydrogen-bond acceptors (Lipinski definition) is 4. The fraction of sp³-hybridized carbons (Fsp3) is 0.200. The van der Waals surface area contributed by atoms with Crippen LogP contribution in [-0.2, 0) is 0 Å². The molecular weight excluding hydrogens is 392 g/mol. The van der Waals surface area contributed by atoms with E-state index in [0.717, 1.165) is 0 Å².